The summed E-state index contributed by atoms with van der Waals surface area (Å²) in [6.45, 7) is 3.62. The van der Waals surface area contributed by atoms with Crippen molar-refractivity contribution in [1.82, 2.24) is 5.16 Å². The van der Waals surface area contributed by atoms with Crippen molar-refractivity contribution in [2.24, 2.45) is 0 Å². The smallest absolute Gasteiger partial charge is 0.338 e. The van der Waals surface area contributed by atoms with Crippen LogP contribution in [0.2, 0.25) is 0 Å². The highest BCUT2D eigenvalue weighted by Crippen LogP contribution is 2.26. The number of nitrogens with zero attached hydrogens (tertiary/aromatic N) is 1. The van der Waals surface area contributed by atoms with E-state index in [-0.39, 0.29) is 17.9 Å². The number of esters is 1. The van der Waals surface area contributed by atoms with Crippen LogP contribution in [-0.4, -0.2) is 23.6 Å². The molecule has 0 aliphatic heterocycles. The van der Waals surface area contributed by atoms with E-state index in [1.165, 1.54) is 18.2 Å². The van der Waals surface area contributed by atoms with Crippen LogP contribution >= 0.6 is 0 Å². The van der Waals surface area contributed by atoms with Crippen LogP contribution in [0.15, 0.2) is 53.1 Å². The van der Waals surface area contributed by atoms with E-state index in [1.807, 2.05) is 0 Å². The fourth-order valence-corrected chi connectivity index (χ4v) is 2.57. The zero-order valence-corrected chi connectivity index (χ0v) is 14.8. The fourth-order valence-electron chi connectivity index (χ4n) is 2.57. The molecular formula is C20H17FN2O4. The molecule has 0 saturated heterocycles. The number of anilines is 1. The second-order valence-corrected chi connectivity index (χ2v) is 5.72. The van der Waals surface area contributed by atoms with E-state index in [0.29, 0.717) is 22.6 Å². The molecule has 0 saturated carbocycles. The van der Waals surface area contributed by atoms with Crippen LogP contribution in [-0.2, 0) is 4.74 Å². The molecule has 0 aliphatic rings. The van der Waals surface area contributed by atoms with Gasteiger partial charge in [-0.15, -0.1) is 0 Å². The van der Waals surface area contributed by atoms with E-state index in [4.69, 9.17) is 9.26 Å². The molecule has 0 atom stereocenters. The van der Waals surface area contributed by atoms with Gasteiger partial charge in [-0.05, 0) is 50.2 Å². The number of amides is 1. The molecule has 0 fully saturated rings. The van der Waals surface area contributed by atoms with E-state index < -0.39 is 17.7 Å². The Morgan fingerprint density at radius 3 is 2.59 bits per heavy atom. The molecule has 1 N–H and O–H groups in total. The van der Waals surface area contributed by atoms with Crippen LogP contribution in [0.25, 0.3) is 11.3 Å². The maximum Gasteiger partial charge on any atom is 0.338 e. The average Bonchev–Trinajstić information content (AvgIpc) is 3.04. The third kappa shape index (κ3) is 4.03. The summed E-state index contributed by atoms with van der Waals surface area (Å²) in [6, 6.07) is 12.1. The molecule has 3 aromatic rings. The molecule has 0 unspecified atom stereocenters. The van der Waals surface area contributed by atoms with E-state index in [1.54, 1.807) is 44.2 Å². The van der Waals surface area contributed by atoms with Crippen molar-refractivity contribution in [1.29, 1.82) is 0 Å². The number of halogens is 1. The Morgan fingerprint density at radius 1 is 1.19 bits per heavy atom. The van der Waals surface area contributed by atoms with E-state index in [9.17, 15) is 14.0 Å². The van der Waals surface area contributed by atoms with Gasteiger partial charge in [-0.1, -0.05) is 17.3 Å². The van der Waals surface area contributed by atoms with E-state index in [2.05, 4.69) is 10.5 Å². The summed E-state index contributed by atoms with van der Waals surface area (Å²) in [4.78, 5) is 24.4. The SMILES string of the molecule is CCOC(=O)c1ccc(NC(=O)c2c(-c3cccc(F)c3)noc2C)cc1. The molecule has 0 spiro atoms. The van der Waals surface area contributed by atoms with Crippen LogP contribution in [0, 0.1) is 12.7 Å². The summed E-state index contributed by atoms with van der Waals surface area (Å²) in [5.41, 5.74) is 1.78. The summed E-state index contributed by atoms with van der Waals surface area (Å²) in [7, 11) is 0. The van der Waals surface area contributed by atoms with E-state index in [0.717, 1.165) is 0 Å². The summed E-state index contributed by atoms with van der Waals surface area (Å²) in [5.74, 6) is -1.00. The van der Waals surface area contributed by atoms with Gasteiger partial charge >= 0.3 is 5.97 Å². The molecule has 27 heavy (non-hydrogen) atoms. The number of nitrogens with one attached hydrogen (secondary N) is 1. The molecule has 0 bridgehead atoms. The fraction of sp³-hybridized carbons (Fsp3) is 0.150. The first-order chi connectivity index (χ1) is 13.0. The average molecular weight is 368 g/mol. The van der Waals surface area contributed by atoms with Gasteiger partial charge in [0, 0.05) is 11.3 Å². The number of rotatable bonds is 5. The van der Waals surface area contributed by atoms with Crippen LogP contribution < -0.4 is 5.32 Å². The summed E-state index contributed by atoms with van der Waals surface area (Å²) >= 11 is 0. The number of aromatic nitrogens is 1. The Kier molecular flexibility index (Phi) is 5.30. The molecule has 6 nitrogen and oxygen atoms in total. The second kappa shape index (κ2) is 7.82. The monoisotopic (exact) mass is 368 g/mol. The first kappa shape index (κ1) is 18.3. The van der Waals surface area contributed by atoms with Gasteiger partial charge in [-0.2, -0.15) is 0 Å². The zero-order chi connectivity index (χ0) is 19.4. The lowest BCUT2D eigenvalue weighted by molar-refractivity contribution is 0.0526. The van der Waals surface area contributed by atoms with Gasteiger partial charge < -0.3 is 14.6 Å². The highest BCUT2D eigenvalue weighted by molar-refractivity contribution is 6.08. The first-order valence-corrected chi connectivity index (χ1v) is 8.30. The van der Waals surface area contributed by atoms with Crippen LogP contribution in [0.1, 0.15) is 33.4 Å². The number of ether oxygens (including phenoxy) is 1. The van der Waals surface area contributed by atoms with Crippen molar-refractivity contribution in [3.63, 3.8) is 0 Å². The van der Waals surface area contributed by atoms with Crippen LogP contribution in [0.5, 0.6) is 0 Å². The van der Waals surface area contributed by atoms with Gasteiger partial charge in [-0.3, -0.25) is 4.79 Å². The van der Waals surface area contributed by atoms with Crippen molar-refractivity contribution < 1.29 is 23.2 Å². The largest absolute Gasteiger partial charge is 0.462 e. The standard InChI is InChI=1S/C20H17FN2O4/c1-3-26-20(25)13-7-9-16(10-8-13)22-19(24)17-12(2)27-23-18(17)14-5-4-6-15(21)11-14/h4-11H,3H2,1-2H3,(H,22,24). The maximum atomic E-state index is 13.5. The molecular weight excluding hydrogens is 351 g/mol. The third-order valence-electron chi connectivity index (χ3n) is 3.84. The molecule has 138 valence electrons. The van der Waals surface area contributed by atoms with Gasteiger partial charge in [0.25, 0.3) is 5.91 Å². The quantitative estimate of drug-likeness (QED) is 0.682. The molecule has 1 heterocycles. The van der Waals surface area contributed by atoms with Gasteiger partial charge in [-0.25, -0.2) is 9.18 Å². The molecule has 7 heteroatoms. The highest BCUT2D eigenvalue weighted by Gasteiger charge is 2.22. The van der Waals surface area contributed by atoms with Gasteiger partial charge in [0.2, 0.25) is 0 Å². The molecule has 3 rings (SSSR count). The Balaban J connectivity index is 1.83. The van der Waals surface area contributed by atoms with E-state index >= 15 is 0 Å². The molecule has 1 amide bonds. The summed E-state index contributed by atoms with van der Waals surface area (Å²) in [5, 5.41) is 6.61. The molecule has 0 aliphatic carbocycles. The van der Waals surface area contributed by atoms with Crippen molar-refractivity contribution in [3.8, 4) is 11.3 Å². The number of carbonyl (C=O) groups is 2. The predicted octanol–water partition coefficient (Wildman–Crippen LogP) is 4.22. The van der Waals surface area contributed by atoms with Gasteiger partial charge in [0.1, 0.15) is 22.8 Å². The van der Waals surface area contributed by atoms with Crippen molar-refractivity contribution >= 4 is 17.6 Å². The first-order valence-electron chi connectivity index (χ1n) is 8.30. The van der Waals surface area contributed by atoms with Crippen molar-refractivity contribution in [2.75, 3.05) is 11.9 Å². The Bertz CT molecular complexity index is 980. The maximum absolute atomic E-state index is 13.5. The minimum Gasteiger partial charge on any atom is -0.462 e. The minimum atomic E-state index is -0.447. The number of hydrogen-bond acceptors (Lipinski definition) is 5. The Morgan fingerprint density at radius 2 is 1.93 bits per heavy atom. The van der Waals surface area contributed by atoms with Crippen molar-refractivity contribution in [2.45, 2.75) is 13.8 Å². The zero-order valence-electron chi connectivity index (χ0n) is 14.8. The molecule has 2 aromatic carbocycles. The van der Waals surface area contributed by atoms with Gasteiger partial charge in [0.05, 0.1) is 12.2 Å². The Labute approximate surface area is 154 Å². The number of hydrogen-bond donors (Lipinski definition) is 1. The lowest BCUT2D eigenvalue weighted by Gasteiger charge is -2.07. The second-order valence-electron chi connectivity index (χ2n) is 5.72. The van der Waals surface area contributed by atoms with Crippen LogP contribution in [0.3, 0.4) is 0 Å². The minimum absolute atomic E-state index is 0.218. The summed E-state index contributed by atoms with van der Waals surface area (Å²) in [6.07, 6.45) is 0. The topological polar surface area (TPSA) is 81.4 Å². The lowest BCUT2D eigenvalue weighted by Crippen LogP contribution is -2.14. The lowest BCUT2D eigenvalue weighted by atomic mass is 10.1. The normalized spacial score (nSPS) is 10.5. The predicted molar refractivity (Wildman–Crippen MR) is 97.0 cm³/mol. The number of aryl methyl sites for hydroxylation is 1. The third-order valence-corrected chi connectivity index (χ3v) is 3.84. The molecule has 0 radical (unpaired) electrons. The van der Waals surface area contributed by atoms with Crippen LogP contribution in [0.4, 0.5) is 10.1 Å². The molecule has 1 aromatic heterocycles. The highest BCUT2D eigenvalue weighted by atomic mass is 19.1. The number of benzene rings is 2. The van der Waals surface area contributed by atoms with Gasteiger partial charge in [0.15, 0.2) is 0 Å². The van der Waals surface area contributed by atoms with Crippen molar-refractivity contribution in [3.05, 3.63) is 71.2 Å². The Hall–Kier alpha value is -3.48. The number of carbonyl (C=O) groups excluding carboxylic acids is 2. The summed E-state index contributed by atoms with van der Waals surface area (Å²) < 4.78 is 23.6.